The van der Waals surface area contributed by atoms with Gasteiger partial charge in [0, 0.05) is 19.1 Å². The lowest BCUT2D eigenvalue weighted by atomic mass is 10.0. The van der Waals surface area contributed by atoms with Crippen LogP contribution >= 0.6 is 0 Å². The molecule has 1 fully saturated rings. The lowest BCUT2D eigenvalue weighted by molar-refractivity contribution is 0.211. The van der Waals surface area contributed by atoms with Gasteiger partial charge < -0.3 is 5.32 Å². The molecule has 0 spiro atoms. The van der Waals surface area contributed by atoms with Crippen LogP contribution in [0.3, 0.4) is 0 Å². The maximum atomic E-state index is 4.01. The summed E-state index contributed by atoms with van der Waals surface area (Å²) in [5.41, 5.74) is 2.64. The van der Waals surface area contributed by atoms with Crippen LogP contribution in [0.25, 0.3) is 10.8 Å². The minimum absolute atomic E-state index is 0.646. The highest BCUT2D eigenvalue weighted by atomic mass is 15.1. The van der Waals surface area contributed by atoms with Gasteiger partial charge in [-0.3, -0.25) is 4.90 Å². The van der Waals surface area contributed by atoms with Gasteiger partial charge in [0.15, 0.2) is 0 Å². The number of rotatable bonds is 5. The van der Waals surface area contributed by atoms with Crippen molar-refractivity contribution in [3.63, 3.8) is 0 Å². The van der Waals surface area contributed by atoms with Gasteiger partial charge in [0.05, 0.1) is 0 Å². The van der Waals surface area contributed by atoms with Gasteiger partial charge in [-0.25, -0.2) is 0 Å². The molecule has 0 aromatic heterocycles. The second kappa shape index (κ2) is 7.08. The number of piperidine rings is 1. The molecule has 1 saturated heterocycles. The Morgan fingerprint density at radius 3 is 2.59 bits per heavy atom. The Bertz CT molecular complexity index is 639. The molecule has 2 aromatic carbocycles. The fourth-order valence-electron chi connectivity index (χ4n) is 3.29. The van der Waals surface area contributed by atoms with Crippen molar-refractivity contribution in [2.45, 2.75) is 32.4 Å². The molecule has 0 saturated carbocycles. The predicted molar refractivity (Wildman–Crippen MR) is 95.1 cm³/mol. The molecule has 116 valence electrons. The van der Waals surface area contributed by atoms with Gasteiger partial charge in [-0.2, -0.15) is 0 Å². The predicted octanol–water partition coefficient (Wildman–Crippen LogP) is 3.97. The third-order valence-electron chi connectivity index (χ3n) is 4.49. The van der Waals surface area contributed by atoms with Gasteiger partial charge in [0.25, 0.3) is 0 Å². The van der Waals surface area contributed by atoms with Crippen molar-refractivity contribution in [2.75, 3.05) is 19.6 Å². The van der Waals surface area contributed by atoms with E-state index in [0.717, 1.165) is 13.1 Å². The number of benzene rings is 2. The van der Waals surface area contributed by atoms with Crippen LogP contribution < -0.4 is 5.32 Å². The van der Waals surface area contributed by atoms with Crippen LogP contribution in [-0.4, -0.2) is 30.6 Å². The van der Waals surface area contributed by atoms with E-state index >= 15 is 0 Å². The molecule has 0 unspecified atom stereocenters. The molecule has 0 bridgehead atoms. The summed E-state index contributed by atoms with van der Waals surface area (Å²) in [6, 6.07) is 16.0. The minimum Gasteiger partial charge on any atom is -0.310 e. The zero-order chi connectivity index (χ0) is 15.4. The Hall–Kier alpha value is -1.64. The Morgan fingerprint density at radius 1 is 1.14 bits per heavy atom. The molecule has 0 radical (unpaired) electrons. The average molecular weight is 294 g/mol. The fourth-order valence-corrected chi connectivity index (χ4v) is 3.29. The van der Waals surface area contributed by atoms with Gasteiger partial charge in [-0.05, 0) is 55.3 Å². The summed E-state index contributed by atoms with van der Waals surface area (Å²) in [6.07, 6.45) is 2.47. The molecule has 1 aliphatic heterocycles. The van der Waals surface area contributed by atoms with E-state index in [0.29, 0.717) is 6.04 Å². The number of nitrogens with one attached hydrogen (secondary N) is 1. The molecule has 2 nitrogen and oxygen atoms in total. The minimum atomic E-state index is 0.646. The van der Waals surface area contributed by atoms with E-state index in [-0.39, 0.29) is 0 Å². The maximum absolute atomic E-state index is 4.01. The van der Waals surface area contributed by atoms with Crippen LogP contribution in [0.15, 0.2) is 54.6 Å². The highest BCUT2D eigenvalue weighted by molar-refractivity contribution is 5.82. The molecule has 1 heterocycles. The maximum Gasteiger partial charge on any atom is 0.0208 e. The van der Waals surface area contributed by atoms with Crippen LogP contribution in [0.1, 0.15) is 25.3 Å². The summed E-state index contributed by atoms with van der Waals surface area (Å²) in [7, 11) is 0. The van der Waals surface area contributed by atoms with E-state index in [2.05, 4.69) is 66.2 Å². The quantitative estimate of drug-likeness (QED) is 0.839. The molecule has 2 aromatic rings. The normalized spacial score (nSPS) is 17.0. The van der Waals surface area contributed by atoms with Crippen molar-refractivity contribution in [2.24, 2.45) is 0 Å². The second-order valence-corrected chi connectivity index (χ2v) is 6.57. The van der Waals surface area contributed by atoms with Crippen LogP contribution in [0.2, 0.25) is 0 Å². The first-order valence-electron chi connectivity index (χ1n) is 8.28. The van der Waals surface area contributed by atoms with E-state index in [4.69, 9.17) is 0 Å². The van der Waals surface area contributed by atoms with E-state index < -0.39 is 0 Å². The van der Waals surface area contributed by atoms with E-state index in [1.54, 1.807) is 0 Å². The van der Waals surface area contributed by atoms with Crippen molar-refractivity contribution in [1.29, 1.82) is 0 Å². The summed E-state index contributed by atoms with van der Waals surface area (Å²) < 4.78 is 0. The third kappa shape index (κ3) is 3.96. The fraction of sp³-hybridized carbons (Fsp3) is 0.400. The molecule has 2 heteroatoms. The monoisotopic (exact) mass is 294 g/mol. The average Bonchev–Trinajstić information content (AvgIpc) is 2.53. The van der Waals surface area contributed by atoms with Crippen molar-refractivity contribution < 1.29 is 0 Å². The Labute approximate surface area is 133 Å². The molecule has 1 N–H and O–H groups in total. The van der Waals surface area contributed by atoms with Crippen LogP contribution in [0, 0.1) is 0 Å². The Morgan fingerprint density at radius 2 is 1.86 bits per heavy atom. The zero-order valence-corrected chi connectivity index (χ0v) is 13.5. The van der Waals surface area contributed by atoms with Crippen LogP contribution in [-0.2, 0) is 6.54 Å². The number of hydrogen-bond donors (Lipinski definition) is 1. The Balaban J connectivity index is 1.51. The van der Waals surface area contributed by atoms with Crippen molar-refractivity contribution in [3.8, 4) is 0 Å². The first-order chi connectivity index (χ1) is 10.7. The summed E-state index contributed by atoms with van der Waals surface area (Å²) in [6.45, 7) is 10.5. The molecule has 22 heavy (non-hydrogen) atoms. The van der Waals surface area contributed by atoms with Crippen LogP contribution in [0.4, 0.5) is 0 Å². The number of hydrogen-bond acceptors (Lipinski definition) is 2. The van der Waals surface area contributed by atoms with Gasteiger partial charge in [-0.1, -0.05) is 48.6 Å². The highest BCUT2D eigenvalue weighted by Crippen LogP contribution is 2.17. The van der Waals surface area contributed by atoms with E-state index in [1.165, 1.54) is 47.8 Å². The molecule has 1 aliphatic rings. The number of likely N-dealkylation sites (tertiary alicyclic amines) is 1. The van der Waals surface area contributed by atoms with Crippen molar-refractivity contribution in [1.82, 2.24) is 10.2 Å². The first kappa shape index (κ1) is 15.3. The number of nitrogens with zero attached hydrogens (tertiary/aromatic N) is 1. The lowest BCUT2D eigenvalue weighted by Gasteiger charge is -2.32. The van der Waals surface area contributed by atoms with Crippen LogP contribution in [0.5, 0.6) is 0 Å². The molecular weight excluding hydrogens is 268 g/mol. The molecule has 3 rings (SSSR count). The van der Waals surface area contributed by atoms with Crippen molar-refractivity contribution in [3.05, 3.63) is 60.2 Å². The Kier molecular flexibility index (Phi) is 4.91. The van der Waals surface area contributed by atoms with Gasteiger partial charge >= 0.3 is 0 Å². The molecular formula is C20H26N2. The number of fused-ring (bicyclic) bond motifs is 1. The SMILES string of the molecule is C=C(C)CN1CCC(NCc2ccc3ccccc3c2)CC1. The van der Waals surface area contributed by atoms with Gasteiger partial charge in [0.2, 0.25) is 0 Å². The van der Waals surface area contributed by atoms with E-state index in [9.17, 15) is 0 Å². The van der Waals surface area contributed by atoms with Crippen molar-refractivity contribution >= 4 is 10.8 Å². The largest absolute Gasteiger partial charge is 0.310 e. The molecule has 0 amide bonds. The van der Waals surface area contributed by atoms with Gasteiger partial charge in [0.1, 0.15) is 0 Å². The van der Waals surface area contributed by atoms with Gasteiger partial charge in [-0.15, -0.1) is 0 Å². The third-order valence-corrected chi connectivity index (χ3v) is 4.49. The smallest absolute Gasteiger partial charge is 0.0208 e. The second-order valence-electron chi connectivity index (χ2n) is 6.57. The first-order valence-corrected chi connectivity index (χ1v) is 8.28. The van der Waals surface area contributed by atoms with E-state index in [1.807, 2.05) is 0 Å². The molecule has 0 aliphatic carbocycles. The zero-order valence-electron chi connectivity index (χ0n) is 13.5. The summed E-state index contributed by atoms with van der Waals surface area (Å²) in [5.74, 6) is 0. The molecule has 0 atom stereocenters. The lowest BCUT2D eigenvalue weighted by Crippen LogP contribution is -2.42. The summed E-state index contributed by atoms with van der Waals surface area (Å²) in [4.78, 5) is 2.51. The topological polar surface area (TPSA) is 15.3 Å². The summed E-state index contributed by atoms with van der Waals surface area (Å²) in [5, 5.41) is 6.38. The highest BCUT2D eigenvalue weighted by Gasteiger charge is 2.18. The standard InChI is InChI=1S/C20H26N2/c1-16(2)15-22-11-9-20(10-12-22)21-14-17-7-8-18-5-3-4-6-19(18)13-17/h3-8,13,20-21H,1,9-12,14-15H2,2H3. The summed E-state index contributed by atoms with van der Waals surface area (Å²) >= 11 is 0.